The van der Waals surface area contributed by atoms with E-state index in [0.29, 0.717) is 44.8 Å². The van der Waals surface area contributed by atoms with Gasteiger partial charge in [-0.2, -0.15) is 9.37 Å². The van der Waals surface area contributed by atoms with Gasteiger partial charge in [0.05, 0.1) is 6.54 Å². The van der Waals surface area contributed by atoms with Crippen LogP contribution in [-0.4, -0.2) is 24.1 Å². The SMILES string of the molecule is CCn1c(Cc2ccc(Cl)cc2Cl)cn(Cc2nc3ccc(F)nc3[nH]2)c1=S. The van der Waals surface area contributed by atoms with E-state index in [4.69, 9.17) is 35.4 Å². The minimum atomic E-state index is -0.543. The van der Waals surface area contributed by atoms with Gasteiger partial charge in [0.25, 0.3) is 0 Å². The van der Waals surface area contributed by atoms with E-state index < -0.39 is 5.95 Å². The number of hydrogen-bond acceptors (Lipinski definition) is 3. The fraction of sp³-hybridized carbons (Fsp3) is 0.211. The molecule has 1 aromatic carbocycles. The Hall–Kier alpha value is -2.22. The van der Waals surface area contributed by atoms with Crippen LogP contribution >= 0.6 is 35.4 Å². The van der Waals surface area contributed by atoms with Crippen LogP contribution in [0.15, 0.2) is 36.5 Å². The molecule has 3 heterocycles. The van der Waals surface area contributed by atoms with Crippen LogP contribution in [0.1, 0.15) is 24.0 Å². The highest BCUT2D eigenvalue weighted by Crippen LogP contribution is 2.24. The molecule has 0 fully saturated rings. The minimum Gasteiger partial charge on any atom is -0.325 e. The highest BCUT2D eigenvalue weighted by molar-refractivity contribution is 7.71. The molecule has 0 saturated carbocycles. The normalized spacial score (nSPS) is 11.4. The molecule has 4 rings (SSSR count). The number of hydrogen-bond donors (Lipinski definition) is 1. The lowest BCUT2D eigenvalue weighted by Crippen LogP contribution is -2.04. The molecule has 0 amide bonds. The smallest absolute Gasteiger partial charge is 0.214 e. The summed E-state index contributed by atoms with van der Waals surface area (Å²) in [4.78, 5) is 11.3. The van der Waals surface area contributed by atoms with Gasteiger partial charge in [0, 0.05) is 34.9 Å². The second-order valence-electron chi connectivity index (χ2n) is 6.37. The molecule has 0 radical (unpaired) electrons. The van der Waals surface area contributed by atoms with Crippen LogP contribution in [-0.2, 0) is 19.5 Å². The molecule has 0 atom stereocenters. The zero-order chi connectivity index (χ0) is 19.8. The summed E-state index contributed by atoms with van der Waals surface area (Å²) in [6.07, 6.45) is 2.63. The summed E-state index contributed by atoms with van der Waals surface area (Å²) in [6.45, 7) is 3.21. The molecule has 0 unspecified atom stereocenters. The van der Waals surface area contributed by atoms with Crippen LogP contribution in [0.2, 0.25) is 10.0 Å². The van der Waals surface area contributed by atoms with Crippen molar-refractivity contribution in [1.29, 1.82) is 0 Å². The molecule has 0 saturated heterocycles. The third kappa shape index (κ3) is 3.70. The maximum Gasteiger partial charge on any atom is 0.214 e. The van der Waals surface area contributed by atoms with Crippen molar-refractivity contribution >= 4 is 46.6 Å². The van der Waals surface area contributed by atoms with Crippen LogP contribution in [0, 0.1) is 10.7 Å². The molecule has 144 valence electrons. The van der Waals surface area contributed by atoms with Crippen molar-refractivity contribution in [3.8, 4) is 0 Å². The van der Waals surface area contributed by atoms with Crippen molar-refractivity contribution in [2.75, 3.05) is 0 Å². The number of halogens is 3. The van der Waals surface area contributed by atoms with Gasteiger partial charge in [0.2, 0.25) is 5.95 Å². The summed E-state index contributed by atoms with van der Waals surface area (Å²) < 4.78 is 18.0. The number of pyridine rings is 1. The Kier molecular flexibility index (Phi) is 5.23. The number of H-pyrrole nitrogens is 1. The quantitative estimate of drug-likeness (QED) is 0.337. The van der Waals surface area contributed by atoms with E-state index in [2.05, 4.69) is 19.5 Å². The predicted octanol–water partition coefficient (Wildman–Crippen LogP) is 5.40. The van der Waals surface area contributed by atoms with Crippen LogP contribution in [0.5, 0.6) is 0 Å². The Bertz CT molecular complexity index is 1230. The van der Waals surface area contributed by atoms with Gasteiger partial charge in [-0.05, 0) is 49.0 Å². The highest BCUT2D eigenvalue weighted by atomic mass is 35.5. The number of nitrogens with one attached hydrogen (secondary N) is 1. The number of aromatic nitrogens is 5. The molecule has 0 spiro atoms. The highest BCUT2D eigenvalue weighted by Gasteiger charge is 2.13. The van der Waals surface area contributed by atoms with Gasteiger partial charge < -0.3 is 14.1 Å². The molecule has 1 N–H and O–H groups in total. The average Bonchev–Trinajstić information content (AvgIpc) is 3.17. The number of rotatable bonds is 5. The standard InChI is InChI=1S/C19H16Cl2FN5S/c1-2-27-13(7-11-3-4-12(20)8-14(11)21)9-26(19(27)28)10-17-23-15-5-6-16(22)24-18(15)25-17/h3-6,8-9H,2,7,10H2,1H3,(H,23,24,25). The third-order valence-corrected chi connectivity index (χ3v) is 5.55. The van der Waals surface area contributed by atoms with Gasteiger partial charge in [-0.25, -0.2) is 4.98 Å². The van der Waals surface area contributed by atoms with Gasteiger partial charge in [0.15, 0.2) is 10.4 Å². The molecule has 4 aromatic rings. The zero-order valence-electron chi connectivity index (χ0n) is 14.9. The first-order valence-corrected chi connectivity index (χ1v) is 9.85. The Morgan fingerprint density at radius 3 is 2.75 bits per heavy atom. The topological polar surface area (TPSA) is 51.4 Å². The van der Waals surface area contributed by atoms with Crippen molar-refractivity contribution in [3.63, 3.8) is 0 Å². The molecule has 0 aliphatic carbocycles. The van der Waals surface area contributed by atoms with Gasteiger partial charge in [-0.15, -0.1) is 0 Å². The van der Waals surface area contributed by atoms with Gasteiger partial charge >= 0.3 is 0 Å². The van der Waals surface area contributed by atoms with E-state index in [1.54, 1.807) is 12.1 Å². The van der Waals surface area contributed by atoms with Gasteiger partial charge in [-0.3, -0.25) is 0 Å². The Morgan fingerprint density at radius 1 is 1.18 bits per heavy atom. The van der Waals surface area contributed by atoms with Crippen molar-refractivity contribution in [2.45, 2.75) is 26.4 Å². The van der Waals surface area contributed by atoms with E-state index in [1.165, 1.54) is 6.07 Å². The Balaban J connectivity index is 1.67. The molecular weight excluding hydrogens is 420 g/mol. The van der Waals surface area contributed by atoms with Gasteiger partial charge in [0.1, 0.15) is 11.3 Å². The maximum absolute atomic E-state index is 13.3. The second kappa shape index (κ2) is 7.66. The van der Waals surface area contributed by atoms with E-state index >= 15 is 0 Å². The lowest BCUT2D eigenvalue weighted by atomic mass is 10.1. The van der Waals surface area contributed by atoms with Crippen LogP contribution in [0.4, 0.5) is 4.39 Å². The molecule has 0 bridgehead atoms. The van der Waals surface area contributed by atoms with Crippen LogP contribution < -0.4 is 0 Å². The van der Waals surface area contributed by atoms with Crippen molar-refractivity contribution < 1.29 is 4.39 Å². The number of benzene rings is 1. The second-order valence-corrected chi connectivity index (χ2v) is 7.58. The average molecular weight is 436 g/mol. The summed E-state index contributed by atoms with van der Waals surface area (Å²) in [6, 6.07) is 8.37. The molecule has 0 aliphatic rings. The summed E-state index contributed by atoms with van der Waals surface area (Å²) in [5, 5.41) is 1.23. The zero-order valence-corrected chi connectivity index (χ0v) is 17.2. The largest absolute Gasteiger partial charge is 0.325 e. The third-order valence-electron chi connectivity index (χ3n) is 4.51. The maximum atomic E-state index is 13.3. The monoisotopic (exact) mass is 435 g/mol. The fourth-order valence-corrected chi connectivity index (χ4v) is 4.03. The van der Waals surface area contributed by atoms with Crippen molar-refractivity contribution in [1.82, 2.24) is 24.1 Å². The van der Waals surface area contributed by atoms with E-state index in [9.17, 15) is 4.39 Å². The summed E-state index contributed by atoms with van der Waals surface area (Å²) in [5.41, 5.74) is 3.05. The number of fused-ring (bicyclic) bond motifs is 1. The number of nitrogens with zero attached hydrogens (tertiary/aromatic N) is 4. The minimum absolute atomic E-state index is 0.421. The first-order chi connectivity index (χ1) is 13.4. The molecule has 5 nitrogen and oxygen atoms in total. The van der Waals surface area contributed by atoms with Crippen molar-refractivity contribution in [3.05, 3.63) is 74.4 Å². The van der Waals surface area contributed by atoms with Crippen LogP contribution in [0.25, 0.3) is 11.2 Å². The Labute approximate surface area is 175 Å². The van der Waals surface area contributed by atoms with E-state index in [-0.39, 0.29) is 0 Å². The molecule has 9 heteroatoms. The summed E-state index contributed by atoms with van der Waals surface area (Å²) in [7, 11) is 0. The molecular formula is C19H16Cl2FN5S. The summed E-state index contributed by atoms with van der Waals surface area (Å²) in [5.74, 6) is 0.118. The predicted molar refractivity (Wildman–Crippen MR) is 111 cm³/mol. The number of aromatic amines is 1. The molecule has 0 aliphatic heterocycles. The van der Waals surface area contributed by atoms with E-state index in [0.717, 1.165) is 17.8 Å². The first-order valence-electron chi connectivity index (χ1n) is 8.68. The van der Waals surface area contributed by atoms with E-state index in [1.807, 2.05) is 29.8 Å². The van der Waals surface area contributed by atoms with Crippen LogP contribution in [0.3, 0.4) is 0 Å². The summed E-state index contributed by atoms with van der Waals surface area (Å²) >= 11 is 18.0. The lowest BCUT2D eigenvalue weighted by Gasteiger charge is -2.07. The first kappa shape index (κ1) is 19.1. The van der Waals surface area contributed by atoms with Gasteiger partial charge in [-0.1, -0.05) is 29.3 Å². The lowest BCUT2D eigenvalue weighted by molar-refractivity contribution is 0.588. The Morgan fingerprint density at radius 2 is 2.00 bits per heavy atom. The molecule has 28 heavy (non-hydrogen) atoms. The van der Waals surface area contributed by atoms with Crippen molar-refractivity contribution in [2.24, 2.45) is 0 Å². The fourth-order valence-electron chi connectivity index (χ4n) is 3.19. The molecule has 3 aromatic heterocycles. The number of imidazole rings is 2.